The van der Waals surface area contributed by atoms with Gasteiger partial charge in [0.05, 0.1) is 32.3 Å². The highest BCUT2D eigenvalue weighted by molar-refractivity contribution is 5.83. The highest BCUT2D eigenvalue weighted by atomic mass is 19.1. The van der Waals surface area contributed by atoms with Gasteiger partial charge in [-0.3, -0.25) is 10.3 Å². The fourth-order valence-corrected chi connectivity index (χ4v) is 3.62. The van der Waals surface area contributed by atoms with Gasteiger partial charge in [-0.05, 0) is 43.3 Å². The van der Waals surface area contributed by atoms with Crippen molar-refractivity contribution >= 4 is 23.8 Å². The van der Waals surface area contributed by atoms with Crippen LogP contribution in [-0.4, -0.2) is 69.2 Å². The number of aliphatic hydroxyl groups excluding tert-OH is 1. The fraction of sp³-hybridized carbons (Fsp3) is 0.231. The predicted octanol–water partition coefficient (Wildman–Crippen LogP) is 2.48. The first-order chi connectivity index (χ1) is 19.9. The third-order valence-electron chi connectivity index (χ3n) is 5.44. The van der Waals surface area contributed by atoms with Crippen molar-refractivity contribution in [1.29, 1.82) is 0 Å². The van der Waals surface area contributed by atoms with Crippen LogP contribution in [0.4, 0.5) is 20.6 Å². The minimum atomic E-state index is -1.06. The van der Waals surface area contributed by atoms with Crippen LogP contribution in [0.15, 0.2) is 64.6 Å². The molecule has 15 heteroatoms. The van der Waals surface area contributed by atoms with E-state index < -0.39 is 23.6 Å². The molecular formula is C26H27FN8O6. The van der Waals surface area contributed by atoms with Crippen LogP contribution in [0.1, 0.15) is 24.4 Å². The van der Waals surface area contributed by atoms with Gasteiger partial charge in [0.1, 0.15) is 18.4 Å². The van der Waals surface area contributed by atoms with E-state index in [0.29, 0.717) is 11.4 Å². The van der Waals surface area contributed by atoms with E-state index in [9.17, 15) is 14.7 Å². The topological polar surface area (TPSA) is 178 Å². The number of aliphatic imine (C=N–C) groups is 1. The SMILES string of the molecule is CCOC(=O)NC=Nc1ccc(N[C@H](c2nn(-c3ncccn3)c(=O)[nH]2)c2cc(OC)cc(OCCO)c2F)cc1. The number of methoxy groups -OCH3 is 1. The van der Waals surface area contributed by atoms with Gasteiger partial charge in [0, 0.05) is 29.7 Å². The van der Waals surface area contributed by atoms with E-state index in [4.69, 9.17) is 14.2 Å². The molecule has 2 aromatic carbocycles. The molecule has 0 aliphatic heterocycles. The Hall–Kier alpha value is -5.31. The quantitative estimate of drug-likeness (QED) is 0.147. The molecule has 0 fully saturated rings. The van der Waals surface area contributed by atoms with Gasteiger partial charge in [0.2, 0.25) is 0 Å². The normalized spacial score (nSPS) is 11.7. The minimum absolute atomic E-state index is 0.0236. The largest absolute Gasteiger partial charge is 0.497 e. The maximum atomic E-state index is 15.8. The number of hydrogen-bond acceptors (Lipinski definition) is 11. The summed E-state index contributed by atoms with van der Waals surface area (Å²) in [5.74, 6) is -0.575. The zero-order chi connectivity index (χ0) is 29.2. The van der Waals surface area contributed by atoms with Crippen LogP contribution in [0.5, 0.6) is 11.5 Å². The molecule has 1 atom stereocenters. The number of nitrogens with zero attached hydrogens (tertiary/aromatic N) is 5. The number of aliphatic hydroxyl groups is 1. The lowest BCUT2D eigenvalue weighted by molar-refractivity contribution is 0.158. The van der Waals surface area contributed by atoms with Crippen LogP contribution in [-0.2, 0) is 4.74 Å². The Morgan fingerprint density at radius 3 is 2.68 bits per heavy atom. The number of alkyl carbamates (subject to hydrolysis) is 1. The average Bonchev–Trinajstić information content (AvgIpc) is 3.38. The van der Waals surface area contributed by atoms with E-state index in [1.165, 1.54) is 38.0 Å². The van der Waals surface area contributed by atoms with Crippen molar-refractivity contribution in [3.8, 4) is 17.4 Å². The second kappa shape index (κ2) is 13.7. The van der Waals surface area contributed by atoms with Crippen molar-refractivity contribution in [1.82, 2.24) is 30.0 Å². The lowest BCUT2D eigenvalue weighted by Crippen LogP contribution is -2.22. The van der Waals surface area contributed by atoms with Crippen molar-refractivity contribution in [2.75, 3.05) is 32.2 Å². The molecule has 0 bridgehead atoms. The van der Waals surface area contributed by atoms with E-state index in [1.54, 1.807) is 37.3 Å². The highest BCUT2D eigenvalue weighted by Gasteiger charge is 2.27. The van der Waals surface area contributed by atoms with Crippen LogP contribution in [0.3, 0.4) is 0 Å². The molecular weight excluding hydrogens is 539 g/mol. The number of anilines is 1. The Labute approximate surface area is 232 Å². The number of nitrogens with one attached hydrogen (secondary N) is 3. The molecule has 2 aromatic heterocycles. The number of benzene rings is 2. The molecule has 0 radical (unpaired) electrons. The van der Waals surface area contributed by atoms with Crippen molar-refractivity contribution in [3.63, 3.8) is 0 Å². The Kier molecular flexibility index (Phi) is 9.56. The van der Waals surface area contributed by atoms with Crippen LogP contribution in [0.2, 0.25) is 0 Å². The lowest BCUT2D eigenvalue weighted by Gasteiger charge is -2.21. The highest BCUT2D eigenvalue weighted by Crippen LogP contribution is 2.35. The van der Waals surface area contributed by atoms with E-state index in [1.807, 2.05) is 0 Å². The Balaban J connectivity index is 1.71. The molecule has 4 N–H and O–H groups in total. The summed E-state index contributed by atoms with van der Waals surface area (Å²) in [4.78, 5) is 39.1. The summed E-state index contributed by atoms with van der Waals surface area (Å²) in [7, 11) is 1.41. The molecule has 2 heterocycles. The summed E-state index contributed by atoms with van der Waals surface area (Å²) in [6, 6.07) is 9.96. The molecule has 4 aromatic rings. The Bertz CT molecular complexity index is 1540. The molecule has 4 rings (SSSR count). The zero-order valence-electron chi connectivity index (χ0n) is 22.1. The van der Waals surface area contributed by atoms with Crippen molar-refractivity contribution < 1.29 is 28.5 Å². The Morgan fingerprint density at radius 1 is 1.24 bits per heavy atom. The average molecular weight is 567 g/mol. The monoisotopic (exact) mass is 566 g/mol. The number of hydrogen-bond donors (Lipinski definition) is 4. The summed E-state index contributed by atoms with van der Waals surface area (Å²) >= 11 is 0. The van der Waals surface area contributed by atoms with E-state index >= 15 is 4.39 Å². The van der Waals surface area contributed by atoms with Crippen molar-refractivity contribution in [2.45, 2.75) is 13.0 Å². The second-order valence-electron chi connectivity index (χ2n) is 8.12. The number of aromatic amines is 1. The number of H-pyrrole nitrogens is 1. The lowest BCUT2D eigenvalue weighted by atomic mass is 10.0. The minimum Gasteiger partial charge on any atom is -0.497 e. The van der Waals surface area contributed by atoms with Gasteiger partial charge in [-0.15, -0.1) is 9.78 Å². The summed E-state index contributed by atoms with van der Waals surface area (Å²) in [5.41, 5.74) is 0.415. The van der Waals surface area contributed by atoms with Crippen LogP contribution in [0.25, 0.3) is 5.95 Å². The number of carbonyl (C=O) groups is 1. The van der Waals surface area contributed by atoms with Gasteiger partial charge in [-0.1, -0.05) is 0 Å². The van der Waals surface area contributed by atoms with Crippen LogP contribution in [0, 0.1) is 5.82 Å². The van der Waals surface area contributed by atoms with Gasteiger partial charge in [-0.25, -0.2) is 28.9 Å². The summed E-state index contributed by atoms with van der Waals surface area (Å²) < 4.78 is 32.2. The van der Waals surface area contributed by atoms with Crippen molar-refractivity contribution in [3.05, 3.63) is 82.5 Å². The van der Waals surface area contributed by atoms with Gasteiger partial charge in [0.25, 0.3) is 5.95 Å². The molecule has 41 heavy (non-hydrogen) atoms. The number of ether oxygens (including phenoxy) is 3. The van der Waals surface area contributed by atoms with Gasteiger partial charge in [0.15, 0.2) is 17.4 Å². The van der Waals surface area contributed by atoms with Crippen LogP contribution < -0.4 is 25.8 Å². The first-order valence-corrected chi connectivity index (χ1v) is 12.3. The van der Waals surface area contributed by atoms with Crippen molar-refractivity contribution in [2.24, 2.45) is 4.99 Å². The van der Waals surface area contributed by atoms with E-state index in [2.05, 4.69) is 35.7 Å². The molecule has 1 amide bonds. The van der Waals surface area contributed by atoms with Gasteiger partial charge < -0.3 is 24.6 Å². The first kappa shape index (κ1) is 28.7. The number of carbonyl (C=O) groups excluding carboxylic acids is 1. The molecule has 0 unspecified atom stereocenters. The third kappa shape index (κ3) is 7.21. The zero-order valence-corrected chi connectivity index (χ0v) is 22.1. The second-order valence-corrected chi connectivity index (χ2v) is 8.12. The maximum absolute atomic E-state index is 15.8. The summed E-state index contributed by atoms with van der Waals surface area (Å²) in [5, 5.41) is 19.0. The standard InChI is InChI=1S/C26H27FN8O6/c1-3-40-26(38)31-15-30-16-5-7-17(8-6-16)32-22(19-13-18(39-2)14-20(21(19)27)41-12-11-36)23-33-25(37)35(34-23)24-28-9-4-10-29-24/h4-10,13-15,22,32,36H,3,11-12H2,1-2H3,(H,30,31,38)(H,33,34,37)/t22-/m0/s1. The van der Waals surface area contributed by atoms with Crippen LogP contribution >= 0.6 is 0 Å². The molecule has 0 aliphatic rings. The van der Waals surface area contributed by atoms with Gasteiger partial charge in [-0.2, -0.15) is 0 Å². The maximum Gasteiger partial charge on any atom is 0.412 e. The van der Waals surface area contributed by atoms with E-state index in [0.717, 1.165) is 4.68 Å². The number of aromatic nitrogens is 5. The Morgan fingerprint density at radius 2 is 2.00 bits per heavy atom. The first-order valence-electron chi connectivity index (χ1n) is 12.3. The number of rotatable bonds is 12. The molecule has 0 spiro atoms. The number of amides is 1. The smallest absolute Gasteiger partial charge is 0.412 e. The van der Waals surface area contributed by atoms with E-state index in [-0.39, 0.29) is 48.7 Å². The molecule has 0 saturated carbocycles. The fourth-order valence-electron chi connectivity index (χ4n) is 3.62. The molecule has 14 nitrogen and oxygen atoms in total. The third-order valence-corrected chi connectivity index (χ3v) is 5.44. The van der Waals surface area contributed by atoms with Gasteiger partial charge >= 0.3 is 11.8 Å². The predicted molar refractivity (Wildman–Crippen MR) is 146 cm³/mol. The molecule has 214 valence electrons. The number of halogens is 1. The molecule has 0 aliphatic carbocycles. The molecule has 0 saturated heterocycles. The summed E-state index contributed by atoms with van der Waals surface area (Å²) in [6.45, 7) is 1.44. The summed E-state index contributed by atoms with van der Waals surface area (Å²) in [6.07, 6.45) is 3.48.